The van der Waals surface area contributed by atoms with Crippen molar-refractivity contribution in [1.82, 2.24) is 10.6 Å². The maximum atomic E-state index is 12.6. The average molecular weight is 318 g/mol. The second-order valence-electron chi connectivity index (χ2n) is 5.55. The Kier molecular flexibility index (Phi) is 6.67. The van der Waals surface area contributed by atoms with E-state index in [2.05, 4.69) is 10.6 Å². The second-order valence-corrected chi connectivity index (χ2v) is 5.55. The Labute approximate surface area is 127 Å². The van der Waals surface area contributed by atoms with Crippen molar-refractivity contribution in [2.75, 3.05) is 6.54 Å². The van der Waals surface area contributed by atoms with Crippen LogP contribution < -0.4 is 10.6 Å². The molecule has 124 valence electrons. The number of hydrogen-bond acceptors (Lipinski definition) is 2. The van der Waals surface area contributed by atoms with Gasteiger partial charge in [0.2, 0.25) is 0 Å². The summed E-state index contributed by atoms with van der Waals surface area (Å²) in [7, 11) is 0. The van der Waals surface area contributed by atoms with Gasteiger partial charge >= 0.3 is 12.2 Å². The SMILES string of the molecule is CC(C)CC(O)CNC(=O)NCc1cccc(C(F)(F)F)c1. The van der Waals surface area contributed by atoms with Gasteiger partial charge in [-0.15, -0.1) is 0 Å². The molecule has 1 aromatic rings. The number of rotatable bonds is 6. The number of amides is 2. The molecule has 1 rings (SSSR count). The predicted octanol–water partition coefficient (Wildman–Crippen LogP) is 2.91. The normalized spacial score (nSPS) is 13.0. The molecule has 1 atom stereocenters. The van der Waals surface area contributed by atoms with Crippen LogP contribution in [0.1, 0.15) is 31.4 Å². The molecule has 0 aliphatic heterocycles. The largest absolute Gasteiger partial charge is 0.416 e. The summed E-state index contributed by atoms with van der Waals surface area (Å²) in [5, 5.41) is 14.6. The Bertz CT molecular complexity index is 490. The first-order valence-electron chi connectivity index (χ1n) is 7.04. The van der Waals surface area contributed by atoms with Crippen molar-refractivity contribution in [3.05, 3.63) is 35.4 Å². The first-order valence-corrected chi connectivity index (χ1v) is 7.04. The number of aliphatic hydroxyl groups is 1. The molecule has 0 saturated carbocycles. The molecule has 4 nitrogen and oxygen atoms in total. The highest BCUT2D eigenvalue weighted by atomic mass is 19.4. The van der Waals surface area contributed by atoms with E-state index in [4.69, 9.17) is 0 Å². The Balaban J connectivity index is 2.41. The Morgan fingerprint density at radius 1 is 1.27 bits per heavy atom. The van der Waals surface area contributed by atoms with Crippen LogP contribution in [-0.4, -0.2) is 23.8 Å². The van der Waals surface area contributed by atoms with Crippen molar-refractivity contribution in [2.24, 2.45) is 5.92 Å². The number of halogens is 3. The predicted molar refractivity (Wildman–Crippen MR) is 77.1 cm³/mol. The highest BCUT2D eigenvalue weighted by Crippen LogP contribution is 2.29. The molecule has 1 aromatic carbocycles. The summed E-state index contributed by atoms with van der Waals surface area (Å²) in [5.74, 6) is 0.310. The number of carbonyl (C=O) groups excluding carboxylic acids is 1. The van der Waals surface area contributed by atoms with Crippen molar-refractivity contribution >= 4 is 6.03 Å². The summed E-state index contributed by atoms with van der Waals surface area (Å²) in [6, 6.07) is 4.24. The summed E-state index contributed by atoms with van der Waals surface area (Å²) < 4.78 is 37.7. The number of hydrogen-bond donors (Lipinski definition) is 3. The highest BCUT2D eigenvalue weighted by molar-refractivity contribution is 5.73. The topological polar surface area (TPSA) is 61.4 Å². The van der Waals surface area contributed by atoms with Gasteiger partial charge in [-0.2, -0.15) is 13.2 Å². The molecular formula is C15H21F3N2O2. The number of aliphatic hydroxyl groups excluding tert-OH is 1. The summed E-state index contributed by atoms with van der Waals surface area (Å²) in [6.07, 6.45) is -4.48. The second kappa shape index (κ2) is 8.03. The number of urea groups is 1. The Morgan fingerprint density at radius 2 is 1.95 bits per heavy atom. The molecule has 0 heterocycles. The highest BCUT2D eigenvalue weighted by Gasteiger charge is 2.30. The summed E-state index contributed by atoms with van der Waals surface area (Å²) in [6.45, 7) is 4.00. The van der Waals surface area contributed by atoms with Crippen molar-refractivity contribution < 1.29 is 23.1 Å². The van der Waals surface area contributed by atoms with Crippen molar-refractivity contribution in [1.29, 1.82) is 0 Å². The van der Waals surface area contributed by atoms with E-state index in [0.717, 1.165) is 12.1 Å². The van der Waals surface area contributed by atoms with Crippen LogP contribution in [-0.2, 0) is 12.7 Å². The summed E-state index contributed by atoms with van der Waals surface area (Å²) in [5.41, 5.74) is -0.396. The standard InChI is InChI=1S/C15H21F3N2O2/c1-10(2)6-13(21)9-20-14(22)19-8-11-4-3-5-12(7-11)15(16,17)18/h3-5,7,10,13,21H,6,8-9H2,1-2H3,(H2,19,20,22). The zero-order valence-electron chi connectivity index (χ0n) is 12.6. The lowest BCUT2D eigenvalue weighted by Gasteiger charge is -2.14. The van der Waals surface area contributed by atoms with Crippen molar-refractivity contribution in [3.63, 3.8) is 0 Å². The zero-order valence-corrected chi connectivity index (χ0v) is 12.6. The van der Waals surface area contributed by atoms with Gasteiger partial charge in [0.05, 0.1) is 11.7 Å². The molecule has 0 aliphatic carbocycles. The van der Waals surface area contributed by atoms with Gasteiger partial charge in [0.1, 0.15) is 0 Å². The van der Waals surface area contributed by atoms with Gasteiger partial charge in [0.15, 0.2) is 0 Å². The lowest BCUT2D eigenvalue weighted by atomic mass is 10.1. The molecule has 1 unspecified atom stereocenters. The van der Waals surface area contributed by atoms with E-state index >= 15 is 0 Å². The summed E-state index contributed by atoms with van der Waals surface area (Å²) >= 11 is 0. The molecular weight excluding hydrogens is 297 g/mol. The van der Waals surface area contributed by atoms with Gasteiger partial charge in [-0.1, -0.05) is 26.0 Å². The minimum Gasteiger partial charge on any atom is -0.391 e. The Morgan fingerprint density at radius 3 is 2.55 bits per heavy atom. The van der Waals surface area contributed by atoms with Gasteiger partial charge in [-0.25, -0.2) is 4.79 Å². The Hall–Kier alpha value is -1.76. The molecule has 0 aliphatic rings. The van der Waals surface area contributed by atoms with Crippen molar-refractivity contribution in [2.45, 2.75) is 39.1 Å². The molecule has 0 saturated heterocycles. The molecule has 0 radical (unpaired) electrons. The minimum absolute atomic E-state index is 0.0178. The van der Waals surface area contributed by atoms with Crippen LogP contribution in [0.3, 0.4) is 0 Å². The zero-order chi connectivity index (χ0) is 16.8. The first-order chi connectivity index (χ1) is 10.2. The van der Waals surface area contributed by atoms with Crippen LogP contribution in [0, 0.1) is 5.92 Å². The van der Waals surface area contributed by atoms with E-state index in [-0.39, 0.29) is 13.1 Å². The minimum atomic E-state index is -4.40. The molecule has 0 fully saturated rings. The quantitative estimate of drug-likeness (QED) is 0.755. The monoisotopic (exact) mass is 318 g/mol. The smallest absolute Gasteiger partial charge is 0.391 e. The van der Waals surface area contributed by atoms with Gasteiger partial charge in [0.25, 0.3) is 0 Å². The van der Waals surface area contributed by atoms with E-state index in [9.17, 15) is 23.1 Å². The third-order valence-electron chi connectivity index (χ3n) is 2.95. The third kappa shape index (κ3) is 6.80. The van der Waals surface area contributed by atoms with E-state index < -0.39 is 23.9 Å². The summed E-state index contributed by atoms with van der Waals surface area (Å²) in [4.78, 5) is 11.5. The maximum absolute atomic E-state index is 12.6. The van der Waals surface area contributed by atoms with Crippen LogP contribution in [0.4, 0.5) is 18.0 Å². The van der Waals surface area contributed by atoms with Crippen LogP contribution in [0.2, 0.25) is 0 Å². The number of benzene rings is 1. The van der Waals surface area contributed by atoms with Crippen LogP contribution in [0.25, 0.3) is 0 Å². The van der Waals surface area contributed by atoms with E-state index in [1.807, 2.05) is 13.8 Å². The average Bonchev–Trinajstić information content (AvgIpc) is 2.41. The van der Waals surface area contributed by atoms with Crippen LogP contribution in [0.15, 0.2) is 24.3 Å². The molecule has 7 heteroatoms. The number of alkyl halides is 3. The number of carbonyl (C=O) groups is 1. The number of nitrogens with one attached hydrogen (secondary N) is 2. The fourth-order valence-corrected chi connectivity index (χ4v) is 1.94. The van der Waals surface area contributed by atoms with Gasteiger partial charge in [-0.3, -0.25) is 0 Å². The van der Waals surface area contributed by atoms with Gasteiger partial charge in [-0.05, 0) is 30.0 Å². The molecule has 2 amide bonds. The first kappa shape index (κ1) is 18.3. The van der Waals surface area contributed by atoms with Gasteiger partial charge in [0, 0.05) is 13.1 Å². The third-order valence-corrected chi connectivity index (χ3v) is 2.95. The van der Waals surface area contributed by atoms with E-state index in [1.165, 1.54) is 12.1 Å². The van der Waals surface area contributed by atoms with Crippen LogP contribution >= 0.6 is 0 Å². The fraction of sp³-hybridized carbons (Fsp3) is 0.533. The van der Waals surface area contributed by atoms with E-state index in [1.54, 1.807) is 0 Å². The molecule has 0 spiro atoms. The fourth-order valence-electron chi connectivity index (χ4n) is 1.94. The molecule has 3 N–H and O–H groups in total. The lowest BCUT2D eigenvalue weighted by molar-refractivity contribution is -0.137. The van der Waals surface area contributed by atoms with Crippen LogP contribution in [0.5, 0.6) is 0 Å². The maximum Gasteiger partial charge on any atom is 0.416 e. The molecule has 22 heavy (non-hydrogen) atoms. The van der Waals surface area contributed by atoms with E-state index in [0.29, 0.717) is 17.9 Å². The van der Waals surface area contributed by atoms with Gasteiger partial charge < -0.3 is 15.7 Å². The molecule has 0 aromatic heterocycles. The lowest BCUT2D eigenvalue weighted by Crippen LogP contribution is -2.39. The molecule has 0 bridgehead atoms. The van der Waals surface area contributed by atoms with Crippen molar-refractivity contribution in [3.8, 4) is 0 Å².